The van der Waals surface area contributed by atoms with Crippen molar-refractivity contribution in [1.29, 1.82) is 0 Å². The average molecular weight is 338 g/mol. The van der Waals surface area contributed by atoms with Crippen molar-refractivity contribution in [3.05, 3.63) is 79.1 Å². The zero-order valence-electron chi connectivity index (χ0n) is 13.1. The van der Waals surface area contributed by atoms with E-state index in [4.69, 9.17) is 11.6 Å². The second-order valence-electron chi connectivity index (χ2n) is 6.23. The second-order valence-corrected chi connectivity index (χ2v) is 6.67. The van der Waals surface area contributed by atoms with Crippen molar-refractivity contribution >= 4 is 23.0 Å². The first-order chi connectivity index (χ1) is 11.6. The van der Waals surface area contributed by atoms with Crippen molar-refractivity contribution in [2.75, 3.05) is 5.32 Å². The van der Waals surface area contributed by atoms with Gasteiger partial charge >= 0.3 is 0 Å². The monoisotopic (exact) mass is 337 g/mol. The fourth-order valence-corrected chi connectivity index (χ4v) is 3.48. The number of fused-ring (bicyclic) bond motifs is 1. The Balaban J connectivity index is 1.72. The summed E-state index contributed by atoms with van der Waals surface area (Å²) in [5, 5.41) is 3.69. The molecule has 1 aliphatic rings. The van der Waals surface area contributed by atoms with Crippen molar-refractivity contribution < 1.29 is 0 Å². The van der Waals surface area contributed by atoms with E-state index in [2.05, 4.69) is 17.4 Å². The molecule has 120 valence electrons. The molecule has 0 saturated carbocycles. The predicted octanol–water partition coefficient (Wildman–Crippen LogP) is 4.23. The molecule has 4 rings (SSSR count). The summed E-state index contributed by atoms with van der Waals surface area (Å²) in [4.78, 5) is 24.1. The number of anilines is 2. The lowest BCUT2D eigenvalue weighted by Gasteiger charge is -2.18. The van der Waals surface area contributed by atoms with Gasteiger partial charge in [-0.1, -0.05) is 29.8 Å². The van der Waals surface area contributed by atoms with Crippen LogP contribution in [0.3, 0.4) is 0 Å². The molecule has 0 aromatic heterocycles. The van der Waals surface area contributed by atoms with Crippen LogP contribution in [0.5, 0.6) is 0 Å². The average Bonchev–Trinajstić information content (AvgIpc) is 2.62. The fourth-order valence-electron chi connectivity index (χ4n) is 3.35. The summed E-state index contributed by atoms with van der Waals surface area (Å²) in [6, 6.07) is 13.2. The van der Waals surface area contributed by atoms with Crippen LogP contribution in [0.1, 0.15) is 24.0 Å². The summed E-state index contributed by atoms with van der Waals surface area (Å²) in [6.45, 7) is 0. The van der Waals surface area contributed by atoms with Gasteiger partial charge in [-0.25, -0.2) is 0 Å². The normalized spacial score (nSPS) is 13.7. The molecular formula is C20H16ClNO2. The van der Waals surface area contributed by atoms with Crippen molar-refractivity contribution in [2.45, 2.75) is 25.7 Å². The molecular weight excluding hydrogens is 322 g/mol. The quantitative estimate of drug-likeness (QED) is 0.728. The number of rotatable bonds is 3. The Bertz CT molecular complexity index is 982. The molecule has 0 atom stereocenters. The number of hydrogen-bond acceptors (Lipinski definition) is 3. The minimum Gasteiger partial charge on any atom is -0.352 e. The summed E-state index contributed by atoms with van der Waals surface area (Å²) in [5.74, 6) is 0. The van der Waals surface area contributed by atoms with Gasteiger partial charge in [-0.2, -0.15) is 0 Å². The molecule has 3 aromatic carbocycles. The Labute approximate surface area is 144 Å². The molecule has 0 saturated heterocycles. The van der Waals surface area contributed by atoms with Crippen LogP contribution in [-0.2, 0) is 12.8 Å². The molecule has 0 aliphatic heterocycles. The number of aryl methyl sites for hydroxylation is 2. The standard InChI is InChI=1S/C20H16ClNO2/c21-15-7-9-16(10-8-15)22-18-17(19(23)20(18)24)14-6-5-12-3-1-2-4-13(12)11-14/h5-11,22H,1-4H2. The minimum atomic E-state index is -0.460. The first-order valence-corrected chi connectivity index (χ1v) is 8.49. The van der Waals surface area contributed by atoms with Crippen molar-refractivity contribution in [3.63, 3.8) is 0 Å². The van der Waals surface area contributed by atoms with E-state index in [1.165, 1.54) is 24.0 Å². The van der Waals surface area contributed by atoms with E-state index in [9.17, 15) is 9.59 Å². The Kier molecular flexibility index (Phi) is 3.73. The second kappa shape index (κ2) is 5.91. The number of halogens is 1. The maximum absolute atomic E-state index is 12.1. The summed E-state index contributed by atoms with van der Waals surface area (Å²) in [6.07, 6.45) is 4.53. The highest BCUT2D eigenvalue weighted by atomic mass is 35.5. The SMILES string of the molecule is O=c1c(Nc2ccc(Cl)cc2)c(-c2ccc3c(c2)CCCC3)c1=O. The van der Waals surface area contributed by atoms with Crippen LogP contribution in [0.25, 0.3) is 11.1 Å². The molecule has 0 unspecified atom stereocenters. The summed E-state index contributed by atoms with van der Waals surface area (Å²) < 4.78 is 0. The molecule has 0 fully saturated rings. The van der Waals surface area contributed by atoms with Crippen LogP contribution in [0, 0.1) is 0 Å². The predicted molar refractivity (Wildman–Crippen MR) is 98.2 cm³/mol. The largest absolute Gasteiger partial charge is 0.352 e. The highest BCUT2D eigenvalue weighted by molar-refractivity contribution is 6.30. The zero-order chi connectivity index (χ0) is 16.7. The minimum absolute atomic E-state index is 0.373. The molecule has 1 aliphatic carbocycles. The van der Waals surface area contributed by atoms with Gasteiger partial charge in [0, 0.05) is 10.7 Å². The van der Waals surface area contributed by atoms with E-state index in [0.717, 1.165) is 24.1 Å². The van der Waals surface area contributed by atoms with Crippen LogP contribution in [0.2, 0.25) is 5.02 Å². The van der Waals surface area contributed by atoms with E-state index in [0.29, 0.717) is 16.3 Å². The van der Waals surface area contributed by atoms with E-state index in [1.54, 1.807) is 24.3 Å². The smallest absolute Gasteiger partial charge is 0.250 e. The number of hydrogen-bond donors (Lipinski definition) is 1. The molecule has 0 spiro atoms. The number of benzene rings is 2. The zero-order valence-corrected chi connectivity index (χ0v) is 13.8. The lowest BCUT2D eigenvalue weighted by molar-refractivity contribution is 0.686. The van der Waals surface area contributed by atoms with Gasteiger partial charge in [0.2, 0.25) is 5.43 Å². The summed E-state index contributed by atoms with van der Waals surface area (Å²) in [7, 11) is 0. The summed E-state index contributed by atoms with van der Waals surface area (Å²) >= 11 is 5.88. The molecule has 4 heteroatoms. The van der Waals surface area contributed by atoms with Crippen molar-refractivity contribution in [1.82, 2.24) is 0 Å². The maximum Gasteiger partial charge on any atom is 0.250 e. The topological polar surface area (TPSA) is 46.2 Å². The van der Waals surface area contributed by atoms with Crippen molar-refractivity contribution in [2.24, 2.45) is 0 Å². The first-order valence-electron chi connectivity index (χ1n) is 8.11. The van der Waals surface area contributed by atoms with Gasteiger partial charge < -0.3 is 5.32 Å². The Morgan fingerprint density at radius 1 is 0.833 bits per heavy atom. The van der Waals surface area contributed by atoms with Gasteiger partial charge in [-0.3, -0.25) is 9.59 Å². The van der Waals surface area contributed by atoms with Gasteiger partial charge in [0.25, 0.3) is 5.43 Å². The third-order valence-electron chi connectivity index (χ3n) is 4.66. The van der Waals surface area contributed by atoms with Gasteiger partial charge in [0.05, 0.1) is 5.56 Å². The van der Waals surface area contributed by atoms with Crippen molar-refractivity contribution in [3.8, 4) is 11.1 Å². The molecule has 0 amide bonds. The molecule has 24 heavy (non-hydrogen) atoms. The van der Waals surface area contributed by atoms with Gasteiger partial charge in [0.1, 0.15) is 5.69 Å². The molecule has 0 bridgehead atoms. The lowest BCUT2D eigenvalue weighted by atomic mass is 9.88. The maximum atomic E-state index is 12.1. The van der Waals surface area contributed by atoms with Crippen LogP contribution in [-0.4, -0.2) is 0 Å². The molecule has 3 nitrogen and oxygen atoms in total. The Morgan fingerprint density at radius 3 is 2.29 bits per heavy atom. The van der Waals surface area contributed by atoms with E-state index in [-0.39, 0.29) is 0 Å². The van der Waals surface area contributed by atoms with Crippen LogP contribution >= 0.6 is 11.6 Å². The van der Waals surface area contributed by atoms with E-state index < -0.39 is 10.9 Å². The third-order valence-corrected chi connectivity index (χ3v) is 4.91. The molecule has 3 aromatic rings. The highest BCUT2D eigenvalue weighted by Gasteiger charge is 2.23. The fraction of sp³-hybridized carbons (Fsp3) is 0.200. The van der Waals surface area contributed by atoms with Gasteiger partial charge in [-0.15, -0.1) is 0 Å². The lowest BCUT2D eigenvalue weighted by Crippen LogP contribution is -2.35. The van der Waals surface area contributed by atoms with Crippen LogP contribution in [0.15, 0.2) is 52.1 Å². The third kappa shape index (κ3) is 2.55. The number of nitrogens with one attached hydrogen (secondary N) is 1. The van der Waals surface area contributed by atoms with E-state index in [1.807, 2.05) is 6.07 Å². The Morgan fingerprint density at radius 2 is 1.54 bits per heavy atom. The van der Waals surface area contributed by atoms with Gasteiger partial charge in [-0.05, 0) is 66.6 Å². The van der Waals surface area contributed by atoms with Gasteiger partial charge in [0.15, 0.2) is 0 Å². The van der Waals surface area contributed by atoms with Crippen LogP contribution < -0.4 is 16.2 Å². The Hall–Kier alpha value is -2.39. The highest BCUT2D eigenvalue weighted by Crippen LogP contribution is 2.30. The molecule has 0 radical (unpaired) electrons. The van der Waals surface area contributed by atoms with Crippen LogP contribution in [0.4, 0.5) is 11.4 Å². The summed E-state index contributed by atoms with van der Waals surface area (Å²) in [5.41, 5.74) is 4.21. The van der Waals surface area contributed by atoms with E-state index >= 15 is 0 Å². The molecule has 1 N–H and O–H groups in total. The molecule has 0 heterocycles. The first kappa shape index (κ1) is 15.2.